The Morgan fingerprint density at radius 2 is 2.38 bits per heavy atom. The molecular formula is C10H18N2S. The van der Waals surface area contributed by atoms with Crippen LogP contribution < -0.4 is 0 Å². The number of hydrogen-bond donors (Lipinski definition) is 0. The Morgan fingerprint density at radius 3 is 3.08 bits per heavy atom. The molecule has 0 aromatic carbocycles. The molecule has 0 fully saturated rings. The normalized spacial score (nSPS) is 10.6. The number of aryl methyl sites for hydroxylation is 2. The van der Waals surface area contributed by atoms with Crippen LogP contribution in [0.3, 0.4) is 0 Å². The Kier molecular flexibility index (Phi) is 4.98. The van der Waals surface area contributed by atoms with Gasteiger partial charge in [-0.2, -0.15) is 11.8 Å². The van der Waals surface area contributed by atoms with Crippen LogP contribution in [-0.2, 0) is 13.0 Å². The molecular weight excluding hydrogens is 180 g/mol. The summed E-state index contributed by atoms with van der Waals surface area (Å²) in [4.78, 5) is 4.34. The molecule has 0 saturated carbocycles. The van der Waals surface area contributed by atoms with Crippen molar-refractivity contribution < 1.29 is 0 Å². The summed E-state index contributed by atoms with van der Waals surface area (Å²) in [6.45, 7) is 3.32. The quantitative estimate of drug-likeness (QED) is 0.654. The van der Waals surface area contributed by atoms with Gasteiger partial charge in [-0.1, -0.05) is 6.92 Å². The fraction of sp³-hybridized carbons (Fsp3) is 0.700. The molecule has 0 amide bonds. The Labute approximate surface area is 84.7 Å². The Hall–Kier alpha value is -0.440. The zero-order valence-corrected chi connectivity index (χ0v) is 9.31. The van der Waals surface area contributed by atoms with Gasteiger partial charge in [-0.05, 0) is 24.9 Å². The van der Waals surface area contributed by atoms with Crippen molar-refractivity contribution in [2.75, 3.05) is 12.0 Å². The van der Waals surface area contributed by atoms with Crippen LogP contribution in [0, 0.1) is 0 Å². The largest absolute Gasteiger partial charge is 0.335 e. The molecule has 1 heterocycles. The number of nitrogens with zero attached hydrogens (tertiary/aromatic N) is 2. The van der Waals surface area contributed by atoms with Gasteiger partial charge >= 0.3 is 0 Å². The van der Waals surface area contributed by atoms with Crippen molar-refractivity contribution in [1.29, 1.82) is 0 Å². The van der Waals surface area contributed by atoms with E-state index in [9.17, 15) is 0 Å². The molecule has 2 nitrogen and oxygen atoms in total. The molecule has 0 N–H and O–H groups in total. The van der Waals surface area contributed by atoms with Gasteiger partial charge < -0.3 is 4.57 Å². The minimum Gasteiger partial charge on any atom is -0.335 e. The summed E-state index contributed by atoms with van der Waals surface area (Å²) in [5.74, 6) is 2.48. The maximum atomic E-state index is 4.34. The van der Waals surface area contributed by atoms with Gasteiger partial charge in [0.05, 0.1) is 0 Å². The third-order valence-corrected chi connectivity index (χ3v) is 2.72. The average Bonchev–Trinajstić information content (AvgIpc) is 2.54. The summed E-state index contributed by atoms with van der Waals surface area (Å²) < 4.78 is 2.28. The van der Waals surface area contributed by atoms with Crippen LogP contribution >= 0.6 is 11.8 Å². The number of imidazole rings is 1. The van der Waals surface area contributed by atoms with E-state index in [1.54, 1.807) is 0 Å². The maximum Gasteiger partial charge on any atom is 0.108 e. The lowest BCUT2D eigenvalue weighted by Crippen LogP contribution is -2.03. The van der Waals surface area contributed by atoms with E-state index in [1.807, 2.05) is 18.0 Å². The van der Waals surface area contributed by atoms with Gasteiger partial charge in [0.1, 0.15) is 5.82 Å². The van der Waals surface area contributed by atoms with Crippen LogP contribution in [0.25, 0.3) is 0 Å². The smallest absolute Gasteiger partial charge is 0.108 e. The Bertz CT molecular complexity index is 233. The summed E-state index contributed by atoms with van der Waals surface area (Å²) in [6, 6.07) is 0. The molecule has 1 aromatic heterocycles. The van der Waals surface area contributed by atoms with Gasteiger partial charge in [0, 0.05) is 25.4 Å². The van der Waals surface area contributed by atoms with E-state index >= 15 is 0 Å². The molecule has 0 aliphatic rings. The molecule has 0 aliphatic heterocycles. The molecule has 1 aromatic rings. The van der Waals surface area contributed by atoms with Gasteiger partial charge in [-0.25, -0.2) is 4.98 Å². The monoisotopic (exact) mass is 198 g/mol. The topological polar surface area (TPSA) is 17.8 Å². The molecule has 0 aliphatic carbocycles. The van der Waals surface area contributed by atoms with E-state index in [0.29, 0.717) is 0 Å². The molecule has 0 unspecified atom stereocenters. The maximum absolute atomic E-state index is 4.34. The van der Waals surface area contributed by atoms with Crippen molar-refractivity contribution in [1.82, 2.24) is 9.55 Å². The Morgan fingerprint density at radius 1 is 1.54 bits per heavy atom. The number of rotatable bonds is 6. The molecule has 0 bridgehead atoms. The number of thioether (sulfide) groups is 1. The third-order valence-electron chi connectivity index (χ3n) is 2.02. The molecule has 0 radical (unpaired) electrons. The lowest BCUT2D eigenvalue weighted by atomic mass is 10.3. The van der Waals surface area contributed by atoms with Crippen LogP contribution in [0.4, 0.5) is 0 Å². The van der Waals surface area contributed by atoms with Crippen molar-refractivity contribution in [2.24, 2.45) is 0 Å². The molecule has 0 atom stereocenters. The van der Waals surface area contributed by atoms with Crippen LogP contribution in [0.1, 0.15) is 25.6 Å². The minimum atomic E-state index is 1.10. The molecule has 1 rings (SSSR count). The first kappa shape index (κ1) is 10.6. The highest BCUT2D eigenvalue weighted by molar-refractivity contribution is 7.98. The fourth-order valence-corrected chi connectivity index (χ4v) is 1.79. The summed E-state index contributed by atoms with van der Waals surface area (Å²) >= 11 is 1.91. The second-order valence-corrected chi connectivity index (χ2v) is 4.12. The van der Waals surface area contributed by atoms with Crippen LogP contribution in [0.5, 0.6) is 0 Å². The second kappa shape index (κ2) is 6.08. The summed E-state index contributed by atoms with van der Waals surface area (Å²) in [7, 11) is 0. The lowest BCUT2D eigenvalue weighted by Gasteiger charge is -2.05. The van der Waals surface area contributed by atoms with E-state index < -0.39 is 0 Å². The third kappa shape index (κ3) is 3.43. The number of aromatic nitrogens is 2. The van der Waals surface area contributed by atoms with Crippen molar-refractivity contribution in [2.45, 2.75) is 32.7 Å². The molecule has 0 spiro atoms. The second-order valence-electron chi connectivity index (χ2n) is 3.13. The predicted octanol–water partition coefficient (Wildman–Crippen LogP) is 2.59. The van der Waals surface area contributed by atoms with E-state index in [2.05, 4.69) is 28.9 Å². The van der Waals surface area contributed by atoms with Gasteiger partial charge in [0.2, 0.25) is 0 Å². The SMILES string of the molecule is CCCc1nccn1CCCSC. The standard InChI is InChI=1S/C10H18N2S/c1-3-5-10-11-6-8-12(10)7-4-9-13-2/h6,8H,3-5,7,9H2,1-2H3. The summed E-state index contributed by atoms with van der Waals surface area (Å²) in [6.07, 6.45) is 9.68. The van der Waals surface area contributed by atoms with Crippen molar-refractivity contribution in [3.05, 3.63) is 18.2 Å². The van der Waals surface area contributed by atoms with Crippen molar-refractivity contribution in [3.63, 3.8) is 0 Å². The lowest BCUT2D eigenvalue weighted by molar-refractivity contribution is 0.634. The van der Waals surface area contributed by atoms with E-state index in [1.165, 1.54) is 24.4 Å². The first-order valence-electron chi connectivity index (χ1n) is 4.87. The Balaban J connectivity index is 2.40. The van der Waals surface area contributed by atoms with E-state index in [4.69, 9.17) is 0 Å². The van der Waals surface area contributed by atoms with Crippen molar-refractivity contribution >= 4 is 11.8 Å². The highest BCUT2D eigenvalue weighted by Gasteiger charge is 1.99. The minimum absolute atomic E-state index is 1.10. The summed E-state index contributed by atoms with van der Waals surface area (Å²) in [5, 5.41) is 0. The van der Waals surface area contributed by atoms with Crippen LogP contribution in [-0.4, -0.2) is 21.6 Å². The summed E-state index contributed by atoms with van der Waals surface area (Å²) in [5.41, 5.74) is 0. The molecule has 3 heteroatoms. The van der Waals surface area contributed by atoms with Gasteiger partial charge in [0.25, 0.3) is 0 Å². The van der Waals surface area contributed by atoms with Crippen LogP contribution in [0.2, 0.25) is 0 Å². The highest BCUT2D eigenvalue weighted by atomic mass is 32.2. The zero-order valence-electron chi connectivity index (χ0n) is 8.49. The molecule has 13 heavy (non-hydrogen) atoms. The highest BCUT2D eigenvalue weighted by Crippen LogP contribution is 2.04. The van der Waals surface area contributed by atoms with Gasteiger partial charge in [-0.3, -0.25) is 0 Å². The predicted molar refractivity (Wildman–Crippen MR) is 59.2 cm³/mol. The molecule has 74 valence electrons. The van der Waals surface area contributed by atoms with Crippen LogP contribution in [0.15, 0.2) is 12.4 Å². The molecule has 0 saturated heterocycles. The van der Waals surface area contributed by atoms with Crippen molar-refractivity contribution in [3.8, 4) is 0 Å². The number of hydrogen-bond acceptors (Lipinski definition) is 2. The first-order chi connectivity index (χ1) is 6.38. The average molecular weight is 198 g/mol. The van der Waals surface area contributed by atoms with E-state index in [0.717, 1.165) is 13.0 Å². The fourth-order valence-electron chi connectivity index (χ4n) is 1.37. The first-order valence-corrected chi connectivity index (χ1v) is 6.26. The van der Waals surface area contributed by atoms with Gasteiger partial charge in [0.15, 0.2) is 0 Å². The van der Waals surface area contributed by atoms with E-state index in [-0.39, 0.29) is 0 Å². The zero-order chi connectivity index (χ0) is 9.52. The van der Waals surface area contributed by atoms with Gasteiger partial charge in [-0.15, -0.1) is 0 Å².